The topological polar surface area (TPSA) is 54.4 Å². The molecule has 0 radical (unpaired) electrons. The molecule has 2 atom stereocenters. The van der Waals surface area contributed by atoms with Crippen molar-refractivity contribution >= 4 is 21.4 Å². The van der Waals surface area contributed by atoms with Crippen LogP contribution < -0.4 is 0 Å². The number of aliphatic hydroxyl groups excluding tert-OH is 1. The van der Waals surface area contributed by atoms with Gasteiger partial charge in [0.25, 0.3) is 0 Å². The molecule has 2 aromatic carbocycles. The monoisotopic (exact) mass is 386 g/mol. The number of aliphatic hydroxyl groups is 1. The second-order valence-electron chi connectivity index (χ2n) is 6.33. The Balaban J connectivity index is 2.25. The van der Waals surface area contributed by atoms with Gasteiger partial charge in [-0.2, -0.15) is 0 Å². The second-order valence-corrected chi connectivity index (χ2v) is 9.02. The first-order valence-corrected chi connectivity index (χ1v) is 9.76. The normalized spacial score (nSPS) is 24.2. The largest absolute Gasteiger partial charge is 0.393 e. The highest BCUT2D eigenvalue weighted by molar-refractivity contribution is 7.92. The molecule has 0 heterocycles. The quantitative estimate of drug-likeness (QED) is 0.859. The summed E-state index contributed by atoms with van der Waals surface area (Å²) in [6.45, 7) is 0. The van der Waals surface area contributed by atoms with Gasteiger partial charge in [-0.3, -0.25) is 0 Å². The number of halogens is 3. The number of rotatable bonds is 3. The van der Waals surface area contributed by atoms with Crippen molar-refractivity contribution in [1.29, 1.82) is 0 Å². The molecule has 3 nitrogen and oxygen atoms in total. The van der Waals surface area contributed by atoms with Crippen LogP contribution in [0.25, 0.3) is 0 Å². The molecular formula is C18H17ClF2O3S. The van der Waals surface area contributed by atoms with Crippen LogP contribution in [0.15, 0.2) is 47.4 Å². The van der Waals surface area contributed by atoms with E-state index in [2.05, 4.69) is 0 Å². The van der Waals surface area contributed by atoms with E-state index in [0.717, 1.165) is 18.2 Å². The third-order valence-corrected chi connectivity index (χ3v) is 7.51. The van der Waals surface area contributed by atoms with Crippen molar-refractivity contribution in [1.82, 2.24) is 0 Å². The van der Waals surface area contributed by atoms with E-state index >= 15 is 0 Å². The van der Waals surface area contributed by atoms with Crippen LogP contribution in [0.3, 0.4) is 0 Å². The van der Waals surface area contributed by atoms with Crippen LogP contribution >= 0.6 is 11.6 Å². The highest BCUT2D eigenvalue weighted by Crippen LogP contribution is 2.48. The van der Waals surface area contributed by atoms with Crippen LogP contribution in [-0.2, 0) is 14.6 Å². The first-order chi connectivity index (χ1) is 11.8. The molecule has 0 saturated heterocycles. The molecule has 1 aliphatic carbocycles. The van der Waals surface area contributed by atoms with E-state index in [-0.39, 0.29) is 23.3 Å². The summed E-state index contributed by atoms with van der Waals surface area (Å²) in [6.07, 6.45) is -0.162. The highest BCUT2D eigenvalue weighted by Gasteiger charge is 2.50. The molecule has 0 aromatic heterocycles. The van der Waals surface area contributed by atoms with Gasteiger partial charge in [0.05, 0.1) is 11.0 Å². The van der Waals surface area contributed by atoms with Crippen molar-refractivity contribution in [2.75, 3.05) is 0 Å². The van der Waals surface area contributed by atoms with Gasteiger partial charge in [-0.05, 0) is 68.1 Å². The smallest absolute Gasteiger partial charge is 0.188 e. The number of hydrogen-bond acceptors (Lipinski definition) is 3. The van der Waals surface area contributed by atoms with E-state index in [1.165, 1.54) is 24.3 Å². The first kappa shape index (κ1) is 18.3. The first-order valence-electron chi connectivity index (χ1n) is 7.90. The molecule has 1 fully saturated rings. The van der Waals surface area contributed by atoms with Crippen molar-refractivity contribution in [3.8, 4) is 0 Å². The second kappa shape index (κ2) is 6.67. The lowest BCUT2D eigenvalue weighted by Gasteiger charge is -2.39. The summed E-state index contributed by atoms with van der Waals surface area (Å²) in [4.78, 5) is -0.0327. The third kappa shape index (κ3) is 3.18. The van der Waals surface area contributed by atoms with Crippen LogP contribution in [0, 0.1) is 11.6 Å². The molecule has 0 spiro atoms. The Labute approximate surface area is 150 Å². The Kier molecular flexibility index (Phi) is 4.88. The minimum Gasteiger partial charge on any atom is -0.393 e. The van der Waals surface area contributed by atoms with Gasteiger partial charge in [0, 0.05) is 10.6 Å². The summed E-state index contributed by atoms with van der Waals surface area (Å²) in [5.41, 5.74) is -0.235. The minimum absolute atomic E-state index is 0.0327. The molecule has 25 heavy (non-hydrogen) atoms. The Morgan fingerprint density at radius 3 is 2.44 bits per heavy atom. The minimum atomic E-state index is -4.09. The molecule has 2 aromatic rings. The molecule has 0 aliphatic heterocycles. The Morgan fingerprint density at radius 2 is 1.80 bits per heavy atom. The van der Waals surface area contributed by atoms with E-state index in [1.807, 2.05) is 0 Å². The fourth-order valence-corrected chi connectivity index (χ4v) is 5.87. The van der Waals surface area contributed by atoms with Crippen LogP contribution in [0.1, 0.15) is 31.2 Å². The molecule has 1 saturated carbocycles. The zero-order valence-electron chi connectivity index (χ0n) is 13.3. The molecule has 0 amide bonds. The van der Waals surface area contributed by atoms with Crippen molar-refractivity contribution in [3.05, 3.63) is 64.7 Å². The summed E-state index contributed by atoms with van der Waals surface area (Å²) < 4.78 is 53.3. The standard InChI is InChI=1S/C18H17ClF2O3S/c19-12-3-6-15(7-4-12)25(23,24)18(9-1-2-14(22)11-18)16-10-13(20)5-8-17(16)21/h3-8,10,14,22H,1-2,9,11H2/t14-,18-/m0/s1. The average molecular weight is 387 g/mol. The summed E-state index contributed by atoms with van der Waals surface area (Å²) in [5.74, 6) is -1.52. The Bertz CT molecular complexity index is 884. The number of hydrogen-bond donors (Lipinski definition) is 1. The molecular weight excluding hydrogens is 370 g/mol. The maximum absolute atomic E-state index is 14.5. The predicted octanol–water partition coefficient (Wildman–Crippen LogP) is 4.22. The van der Waals surface area contributed by atoms with Crippen LogP contribution in [-0.4, -0.2) is 19.6 Å². The zero-order valence-corrected chi connectivity index (χ0v) is 14.8. The lowest BCUT2D eigenvalue weighted by atomic mass is 9.81. The zero-order chi connectivity index (χ0) is 18.2. The van der Waals surface area contributed by atoms with Crippen molar-refractivity contribution in [2.45, 2.75) is 41.4 Å². The fourth-order valence-electron chi connectivity index (χ4n) is 3.53. The van der Waals surface area contributed by atoms with E-state index in [1.54, 1.807) is 0 Å². The van der Waals surface area contributed by atoms with E-state index in [9.17, 15) is 22.3 Å². The summed E-state index contributed by atoms with van der Waals surface area (Å²) in [7, 11) is -4.09. The molecule has 7 heteroatoms. The number of sulfone groups is 1. The summed E-state index contributed by atoms with van der Waals surface area (Å²) in [5, 5.41) is 10.5. The number of benzene rings is 2. The highest BCUT2D eigenvalue weighted by atomic mass is 35.5. The third-order valence-electron chi connectivity index (χ3n) is 4.74. The lowest BCUT2D eigenvalue weighted by molar-refractivity contribution is 0.107. The van der Waals surface area contributed by atoms with Gasteiger partial charge in [-0.15, -0.1) is 0 Å². The van der Waals surface area contributed by atoms with Crippen molar-refractivity contribution in [3.63, 3.8) is 0 Å². The van der Waals surface area contributed by atoms with Crippen molar-refractivity contribution in [2.24, 2.45) is 0 Å². The van der Waals surface area contributed by atoms with E-state index in [0.29, 0.717) is 17.9 Å². The Hall–Kier alpha value is -1.50. The maximum atomic E-state index is 14.5. The molecule has 0 bridgehead atoms. The Morgan fingerprint density at radius 1 is 1.12 bits per heavy atom. The van der Waals surface area contributed by atoms with Gasteiger partial charge in [0.1, 0.15) is 16.4 Å². The van der Waals surface area contributed by atoms with Gasteiger partial charge >= 0.3 is 0 Å². The van der Waals surface area contributed by atoms with Gasteiger partial charge in [0.15, 0.2) is 9.84 Å². The predicted molar refractivity (Wildman–Crippen MR) is 91.1 cm³/mol. The summed E-state index contributed by atoms with van der Waals surface area (Å²) in [6, 6.07) is 8.34. The molecule has 0 unspecified atom stereocenters. The van der Waals surface area contributed by atoms with Crippen molar-refractivity contribution < 1.29 is 22.3 Å². The van der Waals surface area contributed by atoms with Gasteiger partial charge in [-0.25, -0.2) is 17.2 Å². The van der Waals surface area contributed by atoms with E-state index < -0.39 is 32.3 Å². The van der Waals surface area contributed by atoms with Crippen LogP contribution in [0.2, 0.25) is 5.02 Å². The molecule has 1 aliphatic rings. The van der Waals surface area contributed by atoms with Crippen LogP contribution in [0.4, 0.5) is 8.78 Å². The maximum Gasteiger partial charge on any atom is 0.188 e. The molecule has 3 rings (SSSR count). The summed E-state index contributed by atoms with van der Waals surface area (Å²) >= 11 is 5.82. The van der Waals surface area contributed by atoms with E-state index in [4.69, 9.17) is 11.6 Å². The van der Waals surface area contributed by atoms with Gasteiger partial charge < -0.3 is 5.11 Å². The molecule has 1 N–H and O–H groups in total. The van der Waals surface area contributed by atoms with Gasteiger partial charge in [0.2, 0.25) is 0 Å². The van der Waals surface area contributed by atoms with Gasteiger partial charge in [-0.1, -0.05) is 11.6 Å². The van der Waals surface area contributed by atoms with Crippen LogP contribution in [0.5, 0.6) is 0 Å². The lowest BCUT2D eigenvalue weighted by Crippen LogP contribution is -2.43. The average Bonchev–Trinajstić information content (AvgIpc) is 2.57. The molecule has 134 valence electrons. The SMILES string of the molecule is O=S(=O)(c1ccc(Cl)cc1)[C@@]1(c2cc(F)ccc2F)CCC[C@H](O)C1. The fraction of sp³-hybridized carbons (Fsp3) is 0.333.